The van der Waals surface area contributed by atoms with Crippen LogP contribution in [0.2, 0.25) is 0 Å². The zero-order valence-electron chi connectivity index (χ0n) is 16.5. The van der Waals surface area contributed by atoms with Gasteiger partial charge in [0.15, 0.2) is 5.16 Å². The smallest absolute Gasteiger partial charge is 0.193 e. The van der Waals surface area contributed by atoms with E-state index in [0.29, 0.717) is 5.16 Å². The molecule has 0 aliphatic carbocycles. The first kappa shape index (κ1) is 19.9. The maximum absolute atomic E-state index is 13.2. The molecule has 4 nitrogen and oxygen atoms in total. The molecule has 150 valence electrons. The van der Waals surface area contributed by atoms with Crippen molar-refractivity contribution in [3.63, 3.8) is 0 Å². The van der Waals surface area contributed by atoms with Crippen LogP contribution in [0.5, 0.6) is 11.5 Å². The van der Waals surface area contributed by atoms with E-state index in [1.807, 2.05) is 54.7 Å². The average Bonchev–Trinajstić information content (AvgIpc) is 2.81. The van der Waals surface area contributed by atoms with Crippen LogP contribution >= 0.6 is 11.8 Å². The molecule has 0 amide bonds. The fraction of sp³-hybridized carbons (Fsp3) is 0.0833. The van der Waals surface area contributed by atoms with Crippen molar-refractivity contribution in [2.45, 2.75) is 10.1 Å². The Kier molecular flexibility index (Phi) is 5.95. The second-order valence-corrected chi connectivity index (χ2v) is 7.47. The molecule has 0 radical (unpaired) electrons. The van der Waals surface area contributed by atoms with Gasteiger partial charge in [-0.25, -0.2) is 14.4 Å². The normalized spacial score (nSPS) is 10.6. The summed E-state index contributed by atoms with van der Waals surface area (Å²) in [6.45, 7) is 0. The molecule has 4 rings (SSSR count). The van der Waals surface area contributed by atoms with Gasteiger partial charge in [0.1, 0.15) is 17.3 Å². The van der Waals surface area contributed by atoms with Crippen LogP contribution < -0.4 is 9.47 Å². The highest BCUT2D eigenvalue weighted by molar-refractivity contribution is 7.99. The van der Waals surface area contributed by atoms with Gasteiger partial charge in [-0.05, 0) is 78.0 Å². The van der Waals surface area contributed by atoms with E-state index in [1.54, 1.807) is 26.4 Å². The van der Waals surface area contributed by atoms with Gasteiger partial charge >= 0.3 is 0 Å². The maximum Gasteiger partial charge on any atom is 0.193 e. The molecule has 0 saturated carbocycles. The summed E-state index contributed by atoms with van der Waals surface area (Å²) in [5.41, 5.74) is 3.65. The molecule has 0 bridgehead atoms. The molecule has 0 aliphatic rings. The molecule has 0 aliphatic heterocycles. The summed E-state index contributed by atoms with van der Waals surface area (Å²) in [6.07, 6.45) is 1.82. The fourth-order valence-corrected chi connectivity index (χ4v) is 3.70. The van der Waals surface area contributed by atoms with E-state index in [0.717, 1.165) is 38.8 Å². The molecule has 6 heteroatoms. The fourth-order valence-electron chi connectivity index (χ4n) is 2.97. The Morgan fingerprint density at radius 1 is 0.733 bits per heavy atom. The predicted octanol–water partition coefficient (Wildman–Crippen LogP) is 6.12. The first-order valence-corrected chi connectivity index (χ1v) is 10.1. The Hall–Kier alpha value is -3.38. The third kappa shape index (κ3) is 4.44. The molecule has 0 atom stereocenters. The van der Waals surface area contributed by atoms with Crippen molar-refractivity contribution in [2.75, 3.05) is 14.2 Å². The van der Waals surface area contributed by atoms with Gasteiger partial charge < -0.3 is 9.47 Å². The zero-order valence-corrected chi connectivity index (χ0v) is 17.3. The lowest BCUT2D eigenvalue weighted by molar-refractivity contribution is 0.414. The molecule has 0 N–H and O–H groups in total. The van der Waals surface area contributed by atoms with Crippen LogP contribution in [-0.2, 0) is 0 Å². The number of hydrogen-bond donors (Lipinski definition) is 0. The topological polar surface area (TPSA) is 44.2 Å². The van der Waals surface area contributed by atoms with Crippen molar-refractivity contribution < 1.29 is 13.9 Å². The molecule has 4 aromatic rings. The van der Waals surface area contributed by atoms with Crippen molar-refractivity contribution >= 4 is 11.8 Å². The van der Waals surface area contributed by atoms with E-state index in [9.17, 15) is 4.39 Å². The van der Waals surface area contributed by atoms with Crippen LogP contribution in [0, 0.1) is 5.82 Å². The predicted molar refractivity (Wildman–Crippen MR) is 117 cm³/mol. The molecular weight excluding hydrogens is 399 g/mol. The molecular formula is C24H19FN2O2S. The number of benzene rings is 3. The summed E-state index contributed by atoms with van der Waals surface area (Å²) >= 11 is 1.39. The zero-order chi connectivity index (χ0) is 20.9. The lowest BCUT2D eigenvalue weighted by Crippen LogP contribution is -1.95. The van der Waals surface area contributed by atoms with Gasteiger partial charge in [-0.3, -0.25) is 0 Å². The molecule has 0 saturated heterocycles. The van der Waals surface area contributed by atoms with Crippen LogP contribution in [0.15, 0.2) is 89.0 Å². The summed E-state index contributed by atoms with van der Waals surface area (Å²) in [4.78, 5) is 10.2. The largest absolute Gasteiger partial charge is 0.497 e. The number of rotatable bonds is 6. The second-order valence-electron chi connectivity index (χ2n) is 6.43. The third-order valence-corrected chi connectivity index (χ3v) is 5.44. The molecule has 0 unspecified atom stereocenters. The van der Waals surface area contributed by atoms with Crippen molar-refractivity contribution in [1.29, 1.82) is 0 Å². The Bertz CT molecular complexity index is 1130. The van der Waals surface area contributed by atoms with Crippen LogP contribution in [0.4, 0.5) is 4.39 Å². The lowest BCUT2D eigenvalue weighted by Gasteiger charge is -2.12. The number of ether oxygens (including phenoxy) is 2. The van der Waals surface area contributed by atoms with Gasteiger partial charge in [-0.2, -0.15) is 0 Å². The highest BCUT2D eigenvalue weighted by Gasteiger charge is 2.13. The number of hydrogen-bond acceptors (Lipinski definition) is 5. The molecule has 0 fully saturated rings. The quantitative estimate of drug-likeness (QED) is 0.353. The number of methoxy groups -OCH3 is 2. The van der Waals surface area contributed by atoms with E-state index < -0.39 is 0 Å². The van der Waals surface area contributed by atoms with E-state index in [1.165, 1.54) is 23.9 Å². The van der Waals surface area contributed by atoms with Gasteiger partial charge in [0.25, 0.3) is 0 Å². The van der Waals surface area contributed by atoms with E-state index >= 15 is 0 Å². The molecule has 0 spiro atoms. The van der Waals surface area contributed by atoms with Crippen LogP contribution in [0.1, 0.15) is 0 Å². The van der Waals surface area contributed by atoms with Crippen molar-refractivity contribution in [3.05, 3.63) is 84.8 Å². The van der Waals surface area contributed by atoms with E-state index in [4.69, 9.17) is 14.5 Å². The Balaban J connectivity index is 1.76. The highest BCUT2D eigenvalue weighted by Crippen LogP contribution is 2.34. The van der Waals surface area contributed by atoms with Gasteiger partial charge in [0, 0.05) is 22.2 Å². The summed E-state index contributed by atoms with van der Waals surface area (Å²) in [6, 6.07) is 21.8. The van der Waals surface area contributed by atoms with Crippen LogP contribution in [0.25, 0.3) is 22.4 Å². The molecule has 3 aromatic carbocycles. The number of aromatic nitrogens is 2. The summed E-state index contributed by atoms with van der Waals surface area (Å²) < 4.78 is 23.7. The summed E-state index contributed by atoms with van der Waals surface area (Å²) in [5.74, 6) is 1.29. The maximum atomic E-state index is 13.2. The SMILES string of the molecule is COc1ccc(-c2cnc(Sc3ccc(F)cc3)nc2-c2ccc(OC)cc2)cc1. The molecule has 1 aromatic heterocycles. The third-order valence-electron chi connectivity index (χ3n) is 4.55. The van der Waals surface area contributed by atoms with Gasteiger partial charge in [0.2, 0.25) is 0 Å². The monoisotopic (exact) mass is 418 g/mol. The Labute approximate surface area is 178 Å². The van der Waals surface area contributed by atoms with Crippen molar-refractivity contribution in [1.82, 2.24) is 9.97 Å². The molecule has 1 heterocycles. The minimum atomic E-state index is -0.269. The van der Waals surface area contributed by atoms with Crippen molar-refractivity contribution in [3.8, 4) is 33.9 Å². The second kappa shape index (κ2) is 8.97. The minimum Gasteiger partial charge on any atom is -0.497 e. The summed E-state index contributed by atoms with van der Waals surface area (Å²) in [7, 11) is 3.28. The van der Waals surface area contributed by atoms with E-state index in [-0.39, 0.29) is 5.82 Å². The van der Waals surface area contributed by atoms with Gasteiger partial charge in [-0.15, -0.1) is 0 Å². The minimum absolute atomic E-state index is 0.269. The van der Waals surface area contributed by atoms with Gasteiger partial charge in [0.05, 0.1) is 19.9 Å². The Morgan fingerprint density at radius 2 is 1.30 bits per heavy atom. The van der Waals surface area contributed by atoms with Crippen LogP contribution in [0.3, 0.4) is 0 Å². The Morgan fingerprint density at radius 3 is 1.87 bits per heavy atom. The first-order valence-electron chi connectivity index (χ1n) is 9.25. The first-order chi connectivity index (χ1) is 14.7. The highest BCUT2D eigenvalue weighted by atomic mass is 32.2. The standard InChI is InChI=1S/C24H19FN2O2S/c1-28-19-9-3-16(4-10-19)22-15-26-24(30-21-13-7-18(25)8-14-21)27-23(22)17-5-11-20(29-2)12-6-17/h3-15H,1-2H3. The van der Waals surface area contributed by atoms with Crippen LogP contribution in [-0.4, -0.2) is 24.2 Å². The molecule has 30 heavy (non-hydrogen) atoms. The lowest BCUT2D eigenvalue weighted by atomic mass is 10.0. The number of halogens is 1. The van der Waals surface area contributed by atoms with E-state index in [2.05, 4.69) is 4.98 Å². The number of nitrogens with zero attached hydrogens (tertiary/aromatic N) is 2. The summed E-state index contributed by atoms with van der Waals surface area (Å²) in [5, 5.41) is 0.588. The van der Waals surface area contributed by atoms with Crippen molar-refractivity contribution in [2.24, 2.45) is 0 Å². The van der Waals surface area contributed by atoms with Gasteiger partial charge in [-0.1, -0.05) is 12.1 Å². The average molecular weight is 418 g/mol.